The molecule has 0 bridgehead atoms. The highest BCUT2D eigenvalue weighted by atomic mass is 79.9. The number of pyridine rings is 2. The third-order valence-corrected chi connectivity index (χ3v) is 13.0. The summed E-state index contributed by atoms with van der Waals surface area (Å²) in [4.78, 5) is 27.0. The zero-order valence-electron chi connectivity index (χ0n) is 40.1. The van der Waals surface area contributed by atoms with E-state index in [-0.39, 0.29) is 24.8 Å². The molecule has 0 amide bonds. The van der Waals surface area contributed by atoms with Crippen molar-refractivity contribution in [3.63, 3.8) is 0 Å². The highest BCUT2D eigenvalue weighted by Crippen LogP contribution is 2.35. The van der Waals surface area contributed by atoms with Crippen LogP contribution in [-0.4, -0.2) is 64.0 Å². The maximum atomic E-state index is 14.3. The van der Waals surface area contributed by atoms with Gasteiger partial charge in [-0.2, -0.15) is 24.8 Å². The van der Waals surface area contributed by atoms with Crippen LogP contribution in [0.1, 0.15) is 70.5 Å². The van der Waals surface area contributed by atoms with E-state index in [1.807, 2.05) is 45.0 Å². The Morgan fingerprint density at radius 3 is 1.58 bits per heavy atom. The van der Waals surface area contributed by atoms with E-state index in [1.165, 1.54) is 74.0 Å². The molecule has 0 atom stereocenters. The first-order valence-corrected chi connectivity index (χ1v) is 24.7. The molecule has 2 saturated carbocycles. The van der Waals surface area contributed by atoms with Gasteiger partial charge >= 0.3 is 11.6 Å². The third-order valence-electron chi connectivity index (χ3n) is 12.1. The monoisotopic (exact) mass is 1130 g/mol. The molecule has 6 aromatic heterocycles. The van der Waals surface area contributed by atoms with Crippen LogP contribution in [0.15, 0.2) is 94.7 Å². The SMILES string of the molecule is Cc1nn(CC2CC2)cc1Cc1cn(C)nc1-c1ccc(F)cc1CO.Cc1nn(CC2CC2)cc1Cc1cn(C)nc1-c1ccc(F)cc1COc1cc(Br)cnc1[N+](=O)[O-].O=[N+]([O-])c1ncc(Br)cc1F. The number of hydrogen-bond acceptors (Lipinski definition) is 12. The summed E-state index contributed by atoms with van der Waals surface area (Å²) in [5.41, 5.74) is 10.3. The van der Waals surface area contributed by atoms with Crippen LogP contribution in [0.2, 0.25) is 0 Å². The predicted octanol–water partition coefficient (Wildman–Crippen LogP) is 10.5. The normalized spacial score (nSPS) is 13.0. The minimum Gasteiger partial charge on any atom is -0.481 e. The topological polar surface area (TPSA) is 213 Å². The van der Waals surface area contributed by atoms with E-state index in [0.717, 1.165) is 70.3 Å². The van der Waals surface area contributed by atoms with Crippen LogP contribution in [0.4, 0.5) is 24.8 Å². The molecule has 2 aliphatic carbocycles. The number of aromatic nitrogens is 10. The van der Waals surface area contributed by atoms with Gasteiger partial charge in [-0.25, -0.2) is 8.78 Å². The van der Waals surface area contributed by atoms with Crippen molar-refractivity contribution >= 4 is 43.5 Å². The number of benzene rings is 2. The summed E-state index contributed by atoms with van der Waals surface area (Å²) in [6.45, 7) is 5.66. The number of aliphatic hydroxyl groups excluding tert-OH is 1. The van der Waals surface area contributed by atoms with E-state index in [2.05, 4.69) is 79.3 Å². The maximum Gasteiger partial charge on any atom is 0.406 e. The summed E-state index contributed by atoms with van der Waals surface area (Å²) in [7, 11) is 3.71. The average Bonchev–Trinajstić information content (AvgIpc) is 4.20. The Labute approximate surface area is 433 Å². The van der Waals surface area contributed by atoms with Gasteiger partial charge in [-0.15, -0.1) is 0 Å². The van der Waals surface area contributed by atoms with Crippen molar-refractivity contribution < 1.29 is 32.9 Å². The first kappa shape index (κ1) is 52.2. The molecule has 0 aliphatic heterocycles. The van der Waals surface area contributed by atoms with E-state index < -0.39 is 33.1 Å². The number of nitrogens with zero attached hydrogens (tertiary/aromatic N) is 12. The van der Waals surface area contributed by atoms with E-state index >= 15 is 0 Å². The highest BCUT2D eigenvalue weighted by Gasteiger charge is 2.25. The summed E-state index contributed by atoms with van der Waals surface area (Å²) < 4.78 is 54.6. The Morgan fingerprint density at radius 2 is 1.11 bits per heavy atom. The molecule has 18 nitrogen and oxygen atoms in total. The van der Waals surface area contributed by atoms with E-state index in [0.29, 0.717) is 44.2 Å². The van der Waals surface area contributed by atoms with E-state index in [4.69, 9.17) is 4.74 Å². The molecule has 6 heterocycles. The molecule has 380 valence electrons. The van der Waals surface area contributed by atoms with Crippen LogP contribution < -0.4 is 4.74 Å². The van der Waals surface area contributed by atoms with Crippen LogP contribution in [0.5, 0.6) is 5.75 Å². The summed E-state index contributed by atoms with van der Waals surface area (Å²) >= 11 is 6.18. The number of aryl methyl sites for hydroxylation is 4. The van der Waals surface area contributed by atoms with E-state index in [9.17, 15) is 38.5 Å². The molecule has 8 aromatic rings. The fraction of sp³-hybridized carbons (Fsp3) is 0.320. The number of rotatable bonds is 16. The molecule has 1 N–H and O–H groups in total. The van der Waals surface area contributed by atoms with Crippen molar-refractivity contribution in [2.75, 3.05) is 0 Å². The lowest BCUT2D eigenvalue weighted by molar-refractivity contribution is -0.392. The van der Waals surface area contributed by atoms with Gasteiger partial charge in [-0.1, -0.05) is 0 Å². The Bertz CT molecular complexity index is 3310. The van der Waals surface area contributed by atoms with Gasteiger partial charge in [0, 0.05) is 105 Å². The summed E-state index contributed by atoms with van der Waals surface area (Å²) in [5, 5.41) is 49.5. The molecule has 23 heteroatoms. The fourth-order valence-electron chi connectivity index (χ4n) is 8.17. The molecule has 73 heavy (non-hydrogen) atoms. The molecule has 0 spiro atoms. The molecule has 0 saturated heterocycles. The quantitative estimate of drug-likeness (QED) is 0.0707. The molecule has 10 rings (SSSR count). The van der Waals surface area contributed by atoms with Crippen LogP contribution in [0.3, 0.4) is 0 Å². The largest absolute Gasteiger partial charge is 0.481 e. The van der Waals surface area contributed by atoms with Crippen LogP contribution in [-0.2, 0) is 53.2 Å². The lowest BCUT2D eigenvalue weighted by Gasteiger charge is -2.12. The van der Waals surface area contributed by atoms with Crippen molar-refractivity contribution in [1.29, 1.82) is 0 Å². The van der Waals surface area contributed by atoms with Crippen LogP contribution in [0.25, 0.3) is 22.5 Å². The van der Waals surface area contributed by atoms with E-state index in [1.54, 1.807) is 21.5 Å². The number of aliphatic hydroxyl groups is 1. The molecular weight excluding hydrogens is 1080 g/mol. The second-order valence-corrected chi connectivity index (χ2v) is 19.8. The summed E-state index contributed by atoms with van der Waals surface area (Å²) in [6.07, 6.45) is 17.1. The predicted molar refractivity (Wildman–Crippen MR) is 270 cm³/mol. The minimum absolute atomic E-state index is 0.00969. The average molecular weight is 1130 g/mol. The molecule has 2 aromatic carbocycles. The third kappa shape index (κ3) is 13.5. The van der Waals surface area contributed by atoms with Gasteiger partial charge in [0.2, 0.25) is 11.6 Å². The maximum absolute atomic E-state index is 14.3. The van der Waals surface area contributed by atoms with Gasteiger partial charge in [-0.3, -0.25) is 18.7 Å². The van der Waals surface area contributed by atoms with Crippen LogP contribution in [0, 0.1) is 63.4 Å². The van der Waals surface area contributed by atoms with Gasteiger partial charge in [0.15, 0.2) is 12.4 Å². The first-order chi connectivity index (χ1) is 34.9. The highest BCUT2D eigenvalue weighted by molar-refractivity contribution is 9.10. The standard InChI is InChI=1S/C25H24BrFN6O3.C20H23FN4O.C5H2BrFN2O2/c1-15-17(13-32(29-15)11-16-3-4-16)7-18-12-31(2)30-24(18)22-6-5-21(27)8-19(22)14-36-23-9-20(26)10-28-25(23)33(34)35;1-13-15(11-25(22-13)9-14-3-4-14)7-16-10-24(2)23-20(16)19-6-5-18(21)8-17(19)12-26;6-3-1-4(7)5(8-2-3)9(10)11/h5-6,8-10,12-13,16H,3-4,7,11,14H2,1-2H3;5-6,8,10-11,14,26H,3-4,7,9,12H2,1-2H3;1-2H. The Balaban J connectivity index is 0.000000167. The van der Waals surface area contributed by atoms with Crippen molar-refractivity contribution in [2.45, 2.75) is 78.7 Å². The Morgan fingerprint density at radius 1 is 0.644 bits per heavy atom. The van der Waals surface area contributed by atoms with Gasteiger partial charge in [0.25, 0.3) is 0 Å². The van der Waals surface area contributed by atoms with Crippen molar-refractivity contribution in [3.8, 4) is 28.3 Å². The van der Waals surface area contributed by atoms with Crippen molar-refractivity contribution in [2.24, 2.45) is 25.9 Å². The van der Waals surface area contributed by atoms with Crippen LogP contribution >= 0.6 is 31.9 Å². The van der Waals surface area contributed by atoms with Crippen molar-refractivity contribution in [3.05, 3.63) is 177 Å². The van der Waals surface area contributed by atoms with Gasteiger partial charge in [-0.05, 0) is 156 Å². The number of ether oxygens (including phenoxy) is 1. The number of nitro groups is 2. The summed E-state index contributed by atoms with van der Waals surface area (Å²) in [5.74, 6) is -1.40. The second kappa shape index (κ2) is 22.8. The first-order valence-electron chi connectivity index (χ1n) is 23.1. The Kier molecular flexibility index (Phi) is 16.3. The molecule has 2 fully saturated rings. The molecular formula is C50H49Br2F3N12O6. The van der Waals surface area contributed by atoms with Gasteiger partial charge in [0.05, 0.1) is 38.3 Å². The zero-order valence-corrected chi connectivity index (χ0v) is 43.2. The minimum atomic E-state index is -0.940. The van der Waals surface area contributed by atoms with Gasteiger partial charge in [0.1, 0.15) is 18.2 Å². The zero-order chi connectivity index (χ0) is 52.1. The molecule has 2 aliphatic rings. The number of halogens is 5. The Hall–Kier alpha value is -7.11. The fourth-order valence-corrected chi connectivity index (χ4v) is 8.78. The lowest BCUT2D eigenvalue weighted by Crippen LogP contribution is -2.03. The number of hydrogen-bond donors (Lipinski definition) is 1. The smallest absolute Gasteiger partial charge is 0.406 e. The second-order valence-electron chi connectivity index (χ2n) is 18.0. The molecule has 0 unspecified atom stereocenters. The van der Waals surface area contributed by atoms with Crippen molar-refractivity contribution in [1.82, 2.24) is 49.1 Å². The summed E-state index contributed by atoms with van der Waals surface area (Å²) in [6, 6.07) is 11.3. The lowest BCUT2D eigenvalue weighted by atomic mass is 9.98. The molecule has 0 radical (unpaired) electrons. The van der Waals surface area contributed by atoms with Gasteiger partial charge < -0.3 is 30.1 Å².